The van der Waals surface area contributed by atoms with Crippen molar-refractivity contribution in [3.63, 3.8) is 0 Å². The van der Waals surface area contributed by atoms with E-state index in [0.717, 1.165) is 17.7 Å². The third-order valence-electron chi connectivity index (χ3n) is 5.14. The Morgan fingerprint density at radius 1 is 1.07 bits per heavy atom. The molecule has 7 heteroatoms. The van der Waals surface area contributed by atoms with Crippen molar-refractivity contribution in [2.45, 2.75) is 31.6 Å². The minimum atomic E-state index is -4.45. The number of carboxylic acids is 1. The molecule has 0 bridgehead atoms. The maximum absolute atomic E-state index is 12.7. The minimum absolute atomic E-state index is 0.0551. The van der Waals surface area contributed by atoms with Gasteiger partial charge in [-0.05, 0) is 23.3 Å². The molecule has 0 unspecified atom stereocenters. The molecule has 0 radical (unpaired) electrons. The second kappa shape index (κ2) is 6.72. The normalized spacial score (nSPS) is 22.4. The van der Waals surface area contributed by atoms with Gasteiger partial charge in [-0.3, -0.25) is 4.79 Å². The van der Waals surface area contributed by atoms with Gasteiger partial charge >= 0.3 is 12.1 Å². The molecule has 2 atom stereocenters. The lowest BCUT2D eigenvalue weighted by Gasteiger charge is -2.54. The fourth-order valence-corrected chi connectivity index (χ4v) is 3.53. The monoisotopic (exact) mass is 377 g/mol. The zero-order valence-electron chi connectivity index (χ0n) is 14.5. The van der Waals surface area contributed by atoms with Gasteiger partial charge in [-0.25, -0.2) is 4.79 Å². The lowest BCUT2D eigenvalue weighted by molar-refractivity contribution is -0.188. The molecule has 1 N–H and O–H groups in total. The van der Waals surface area contributed by atoms with Crippen LogP contribution < -0.4 is 0 Å². The third-order valence-corrected chi connectivity index (χ3v) is 5.14. The number of alkyl halides is 3. The summed E-state index contributed by atoms with van der Waals surface area (Å²) in [6.45, 7) is 1.52. The Kier molecular flexibility index (Phi) is 4.71. The summed E-state index contributed by atoms with van der Waals surface area (Å²) in [5.74, 6) is -2.16. The molecular formula is C20H18F3NO3. The number of β-lactam (4-membered cyclic amide) rings is 1. The highest BCUT2D eigenvalue weighted by molar-refractivity contribution is 6.00. The first kappa shape index (κ1) is 18.9. The molecule has 0 aliphatic carbocycles. The number of rotatable bonds is 5. The van der Waals surface area contributed by atoms with Gasteiger partial charge in [-0.15, -0.1) is 0 Å². The Morgan fingerprint density at radius 2 is 1.67 bits per heavy atom. The van der Waals surface area contributed by atoms with Crippen LogP contribution in [0.2, 0.25) is 0 Å². The van der Waals surface area contributed by atoms with Crippen molar-refractivity contribution >= 4 is 11.9 Å². The fourth-order valence-electron chi connectivity index (χ4n) is 3.53. The number of carbonyl (C=O) groups excluding carboxylic acids is 1. The molecule has 1 fully saturated rings. The van der Waals surface area contributed by atoms with Crippen LogP contribution in [0.15, 0.2) is 54.6 Å². The zero-order valence-corrected chi connectivity index (χ0v) is 14.5. The summed E-state index contributed by atoms with van der Waals surface area (Å²) in [6.07, 6.45) is -4.31. The second-order valence-electron chi connectivity index (χ2n) is 6.73. The highest BCUT2D eigenvalue weighted by Gasteiger charge is 2.62. The van der Waals surface area contributed by atoms with Crippen molar-refractivity contribution in [2.75, 3.05) is 0 Å². The quantitative estimate of drug-likeness (QED) is 0.808. The van der Waals surface area contributed by atoms with Crippen molar-refractivity contribution in [3.8, 4) is 0 Å². The van der Waals surface area contributed by atoms with E-state index in [1.807, 2.05) is 6.07 Å². The van der Waals surface area contributed by atoms with Gasteiger partial charge in [0.25, 0.3) is 0 Å². The van der Waals surface area contributed by atoms with Crippen LogP contribution in [0.5, 0.6) is 0 Å². The van der Waals surface area contributed by atoms with E-state index in [9.17, 15) is 27.9 Å². The molecular weight excluding hydrogens is 359 g/mol. The van der Waals surface area contributed by atoms with Gasteiger partial charge in [0, 0.05) is 13.0 Å². The Bertz CT molecular complexity index is 849. The van der Waals surface area contributed by atoms with Crippen LogP contribution in [-0.4, -0.2) is 27.4 Å². The SMILES string of the molecule is C[C@@H]1C(=O)N(Cc2ccc(C(F)(F)F)cc2)[C@]1(Cc1ccccc1)C(=O)O. The van der Waals surface area contributed by atoms with Gasteiger partial charge in [0.1, 0.15) is 0 Å². The summed E-state index contributed by atoms with van der Waals surface area (Å²) >= 11 is 0. The molecule has 27 heavy (non-hydrogen) atoms. The Hall–Kier alpha value is -2.83. The van der Waals surface area contributed by atoms with E-state index in [4.69, 9.17) is 0 Å². The van der Waals surface area contributed by atoms with E-state index in [2.05, 4.69) is 0 Å². The van der Waals surface area contributed by atoms with Gasteiger partial charge in [0.15, 0.2) is 5.54 Å². The highest BCUT2D eigenvalue weighted by atomic mass is 19.4. The number of hydrogen-bond donors (Lipinski definition) is 1. The van der Waals surface area contributed by atoms with E-state index in [-0.39, 0.29) is 18.9 Å². The molecule has 1 heterocycles. The van der Waals surface area contributed by atoms with Crippen molar-refractivity contribution in [1.29, 1.82) is 0 Å². The Balaban J connectivity index is 1.88. The number of carboxylic acid groups (broad SMARTS) is 1. The molecule has 0 saturated carbocycles. The zero-order chi connectivity index (χ0) is 19.8. The van der Waals surface area contributed by atoms with Gasteiger partial charge in [-0.1, -0.05) is 49.4 Å². The summed E-state index contributed by atoms with van der Waals surface area (Å²) in [5.41, 5.74) is -0.983. The number of nitrogens with zero attached hydrogens (tertiary/aromatic N) is 1. The maximum Gasteiger partial charge on any atom is 0.416 e. The van der Waals surface area contributed by atoms with Gasteiger partial charge in [0.05, 0.1) is 11.5 Å². The number of carbonyl (C=O) groups is 2. The minimum Gasteiger partial charge on any atom is -0.479 e. The van der Waals surface area contributed by atoms with Crippen molar-refractivity contribution in [2.24, 2.45) is 5.92 Å². The van der Waals surface area contributed by atoms with Crippen LogP contribution >= 0.6 is 0 Å². The van der Waals surface area contributed by atoms with Gasteiger partial charge < -0.3 is 10.0 Å². The molecule has 142 valence electrons. The molecule has 0 spiro atoms. The Morgan fingerprint density at radius 3 is 2.19 bits per heavy atom. The lowest BCUT2D eigenvalue weighted by atomic mass is 9.70. The molecule has 2 aromatic rings. The summed E-state index contributed by atoms with van der Waals surface area (Å²) in [4.78, 5) is 25.7. The molecule has 1 aliphatic heterocycles. The fraction of sp³-hybridized carbons (Fsp3) is 0.300. The highest BCUT2D eigenvalue weighted by Crippen LogP contribution is 2.42. The average molecular weight is 377 g/mol. The first-order valence-electron chi connectivity index (χ1n) is 8.41. The topological polar surface area (TPSA) is 57.6 Å². The maximum atomic E-state index is 12.7. The number of aliphatic carboxylic acids is 1. The predicted octanol–water partition coefficient (Wildman–Crippen LogP) is 3.75. The summed E-state index contributed by atoms with van der Waals surface area (Å²) in [6, 6.07) is 13.4. The van der Waals surface area contributed by atoms with Crippen molar-refractivity contribution < 1.29 is 27.9 Å². The first-order chi connectivity index (χ1) is 12.7. The van der Waals surface area contributed by atoms with Crippen LogP contribution in [0, 0.1) is 5.92 Å². The van der Waals surface area contributed by atoms with Crippen LogP contribution in [0.4, 0.5) is 13.2 Å². The van der Waals surface area contributed by atoms with Gasteiger partial charge in [0.2, 0.25) is 5.91 Å². The average Bonchev–Trinajstić information content (AvgIpc) is 2.64. The summed E-state index contributed by atoms with van der Waals surface area (Å²) in [7, 11) is 0. The van der Waals surface area contributed by atoms with Crippen LogP contribution in [0.3, 0.4) is 0 Å². The molecule has 3 rings (SSSR count). The number of halogens is 3. The number of likely N-dealkylation sites (tertiary alicyclic amines) is 1. The molecule has 0 aromatic heterocycles. The lowest BCUT2D eigenvalue weighted by Crippen LogP contribution is -2.74. The van der Waals surface area contributed by atoms with Crippen LogP contribution in [-0.2, 0) is 28.7 Å². The van der Waals surface area contributed by atoms with E-state index >= 15 is 0 Å². The molecule has 1 aliphatic rings. The number of hydrogen-bond acceptors (Lipinski definition) is 2. The van der Waals surface area contributed by atoms with E-state index in [1.54, 1.807) is 31.2 Å². The first-order valence-corrected chi connectivity index (χ1v) is 8.41. The van der Waals surface area contributed by atoms with E-state index in [1.165, 1.54) is 17.0 Å². The standard InChI is InChI=1S/C20H18F3NO3/c1-13-17(25)24(12-15-7-9-16(10-8-15)20(21,22)23)19(13,18(26)27)11-14-5-3-2-4-6-14/h2-10,13H,11-12H2,1H3,(H,26,27)/t13-,19+/m1/s1. The number of benzene rings is 2. The molecule has 4 nitrogen and oxygen atoms in total. The second-order valence-corrected chi connectivity index (χ2v) is 6.73. The molecule has 1 saturated heterocycles. The van der Waals surface area contributed by atoms with Crippen molar-refractivity contribution in [1.82, 2.24) is 4.90 Å². The number of amides is 1. The smallest absolute Gasteiger partial charge is 0.416 e. The Labute approximate surface area is 154 Å². The predicted molar refractivity (Wildman–Crippen MR) is 91.7 cm³/mol. The van der Waals surface area contributed by atoms with E-state index in [0.29, 0.717) is 5.56 Å². The van der Waals surface area contributed by atoms with E-state index < -0.39 is 29.2 Å². The summed E-state index contributed by atoms with van der Waals surface area (Å²) < 4.78 is 38.1. The van der Waals surface area contributed by atoms with Gasteiger partial charge in [-0.2, -0.15) is 13.2 Å². The molecule has 2 aromatic carbocycles. The summed E-state index contributed by atoms with van der Waals surface area (Å²) in [5, 5.41) is 9.89. The molecule has 1 amide bonds. The van der Waals surface area contributed by atoms with Crippen molar-refractivity contribution in [3.05, 3.63) is 71.3 Å². The third kappa shape index (κ3) is 3.29. The van der Waals surface area contributed by atoms with Crippen LogP contribution in [0.25, 0.3) is 0 Å². The van der Waals surface area contributed by atoms with Crippen LogP contribution in [0.1, 0.15) is 23.6 Å². The largest absolute Gasteiger partial charge is 0.479 e.